The molecule has 1 aliphatic rings. The topological polar surface area (TPSA) is 70.7 Å². The minimum atomic E-state index is -0.131. The SMILES string of the molecule is CCC1(NC(=O)c2cn[nH]n2)CC1. The summed E-state index contributed by atoms with van der Waals surface area (Å²) in [4.78, 5) is 11.5. The lowest BCUT2D eigenvalue weighted by molar-refractivity contribution is 0.0925. The van der Waals surface area contributed by atoms with Gasteiger partial charge in [-0.15, -0.1) is 0 Å². The normalized spacial score (nSPS) is 18.2. The van der Waals surface area contributed by atoms with Crippen LogP contribution in [0.4, 0.5) is 0 Å². The Morgan fingerprint density at radius 3 is 3.00 bits per heavy atom. The summed E-state index contributed by atoms with van der Waals surface area (Å²) in [6.45, 7) is 2.08. The molecule has 13 heavy (non-hydrogen) atoms. The van der Waals surface area contributed by atoms with Crippen LogP contribution in [0, 0.1) is 0 Å². The van der Waals surface area contributed by atoms with Crippen molar-refractivity contribution in [1.29, 1.82) is 0 Å². The van der Waals surface area contributed by atoms with Gasteiger partial charge in [0.15, 0.2) is 5.69 Å². The maximum absolute atomic E-state index is 11.5. The molecule has 0 radical (unpaired) electrons. The van der Waals surface area contributed by atoms with Crippen LogP contribution in [0.2, 0.25) is 0 Å². The monoisotopic (exact) mass is 180 g/mol. The maximum Gasteiger partial charge on any atom is 0.273 e. The molecule has 1 saturated carbocycles. The standard InChI is InChI=1S/C8H12N4O/c1-2-8(3-4-8)10-7(13)6-5-9-12-11-6/h5H,2-4H2,1H3,(H,10,13)(H,9,11,12). The molecule has 1 aliphatic carbocycles. The highest BCUT2D eigenvalue weighted by molar-refractivity contribution is 5.92. The fraction of sp³-hybridized carbons (Fsp3) is 0.625. The van der Waals surface area contributed by atoms with Crippen molar-refractivity contribution < 1.29 is 4.79 Å². The van der Waals surface area contributed by atoms with Crippen molar-refractivity contribution in [3.8, 4) is 0 Å². The van der Waals surface area contributed by atoms with E-state index in [9.17, 15) is 4.79 Å². The van der Waals surface area contributed by atoms with E-state index in [-0.39, 0.29) is 11.4 Å². The second-order valence-electron chi connectivity index (χ2n) is 3.44. The lowest BCUT2D eigenvalue weighted by Gasteiger charge is -2.12. The molecular formula is C8H12N4O. The number of amides is 1. The second-order valence-corrected chi connectivity index (χ2v) is 3.44. The van der Waals surface area contributed by atoms with E-state index in [1.807, 2.05) is 0 Å². The number of rotatable bonds is 3. The van der Waals surface area contributed by atoms with E-state index in [0.29, 0.717) is 5.69 Å². The second kappa shape index (κ2) is 2.83. The summed E-state index contributed by atoms with van der Waals surface area (Å²) in [6.07, 6.45) is 4.57. The number of aromatic amines is 1. The van der Waals surface area contributed by atoms with Crippen molar-refractivity contribution >= 4 is 5.91 Å². The molecule has 2 rings (SSSR count). The third-order valence-corrected chi connectivity index (χ3v) is 2.56. The highest BCUT2D eigenvalue weighted by Gasteiger charge is 2.42. The Morgan fingerprint density at radius 2 is 2.54 bits per heavy atom. The average Bonchev–Trinajstić information content (AvgIpc) is 2.69. The minimum absolute atomic E-state index is 0.0516. The van der Waals surface area contributed by atoms with E-state index in [4.69, 9.17) is 0 Å². The van der Waals surface area contributed by atoms with Crippen molar-refractivity contribution in [3.63, 3.8) is 0 Å². The van der Waals surface area contributed by atoms with E-state index in [1.165, 1.54) is 6.20 Å². The first-order valence-corrected chi connectivity index (χ1v) is 4.44. The third-order valence-electron chi connectivity index (χ3n) is 2.56. The Bertz CT molecular complexity index is 302. The highest BCUT2D eigenvalue weighted by atomic mass is 16.2. The molecule has 1 amide bonds. The number of hydrogen-bond donors (Lipinski definition) is 2. The van der Waals surface area contributed by atoms with Crippen molar-refractivity contribution in [1.82, 2.24) is 20.7 Å². The molecule has 0 aliphatic heterocycles. The summed E-state index contributed by atoms with van der Waals surface area (Å²) >= 11 is 0. The summed E-state index contributed by atoms with van der Waals surface area (Å²) in [5, 5.41) is 12.7. The molecular weight excluding hydrogens is 168 g/mol. The van der Waals surface area contributed by atoms with Crippen molar-refractivity contribution in [3.05, 3.63) is 11.9 Å². The summed E-state index contributed by atoms with van der Waals surface area (Å²) in [5.74, 6) is -0.131. The zero-order chi connectivity index (χ0) is 9.31. The molecule has 1 heterocycles. The van der Waals surface area contributed by atoms with Crippen LogP contribution in [0.3, 0.4) is 0 Å². The van der Waals surface area contributed by atoms with E-state index in [0.717, 1.165) is 19.3 Å². The summed E-state index contributed by atoms with van der Waals surface area (Å²) in [5.41, 5.74) is 0.412. The van der Waals surface area contributed by atoms with Gasteiger partial charge in [-0.2, -0.15) is 15.4 Å². The summed E-state index contributed by atoms with van der Waals surface area (Å²) < 4.78 is 0. The molecule has 0 bridgehead atoms. The molecule has 2 N–H and O–H groups in total. The van der Waals surface area contributed by atoms with Gasteiger partial charge in [-0.05, 0) is 19.3 Å². The molecule has 0 aromatic carbocycles. The van der Waals surface area contributed by atoms with Gasteiger partial charge in [0.25, 0.3) is 5.91 Å². The van der Waals surface area contributed by atoms with Crippen molar-refractivity contribution in [2.45, 2.75) is 31.7 Å². The zero-order valence-corrected chi connectivity index (χ0v) is 7.50. The van der Waals surface area contributed by atoms with Gasteiger partial charge in [0.1, 0.15) is 0 Å². The van der Waals surface area contributed by atoms with E-state index in [2.05, 4.69) is 27.7 Å². The van der Waals surface area contributed by atoms with Crippen LogP contribution in [-0.4, -0.2) is 26.9 Å². The Labute approximate surface area is 75.9 Å². The molecule has 70 valence electrons. The first-order valence-electron chi connectivity index (χ1n) is 4.44. The van der Waals surface area contributed by atoms with Gasteiger partial charge < -0.3 is 5.32 Å². The predicted molar refractivity (Wildman–Crippen MR) is 46.1 cm³/mol. The lowest BCUT2D eigenvalue weighted by Crippen LogP contribution is -2.36. The minimum Gasteiger partial charge on any atom is -0.345 e. The van der Waals surface area contributed by atoms with Gasteiger partial charge in [0.2, 0.25) is 0 Å². The first-order chi connectivity index (χ1) is 6.26. The van der Waals surface area contributed by atoms with Gasteiger partial charge in [-0.25, -0.2) is 0 Å². The molecule has 1 aromatic heterocycles. The van der Waals surface area contributed by atoms with Gasteiger partial charge in [-0.3, -0.25) is 4.79 Å². The number of H-pyrrole nitrogens is 1. The van der Waals surface area contributed by atoms with Gasteiger partial charge >= 0.3 is 0 Å². The molecule has 0 spiro atoms. The largest absolute Gasteiger partial charge is 0.345 e. The summed E-state index contributed by atoms with van der Waals surface area (Å²) in [6, 6.07) is 0. The Morgan fingerprint density at radius 1 is 1.77 bits per heavy atom. The molecule has 0 unspecified atom stereocenters. The van der Waals surface area contributed by atoms with E-state index < -0.39 is 0 Å². The van der Waals surface area contributed by atoms with Crippen LogP contribution >= 0.6 is 0 Å². The molecule has 5 heteroatoms. The van der Waals surface area contributed by atoms with Crippen LogP contribution in [0.5, 0.6) is 0 Å². The fourth-order valence-electron chi connectivity index (χ4n) is 1.33. The number of aromatic nitrogens is 3. The van der Waals surface area contributed by atoms with Crippen LogP contribution in [0.25, 0.3) is 0 Å². The zero-order valence-electron chi connectivity index (χ0n) is 7.50. The predicted octanol–water partition coefficient (Wildman–Crippen LogP) is 0.477. The molecule has 5 nitrogen and oxygen atoms in total. The van der Waals surface area contributed by atoms with Gasteiger partial charge in [0.05, 0.1) is 6.20 Å². The third kappa shape index (κ3) is 1.54. The Hall–Kier alpha value is -1.39. The highest BCUT2D eigenvalue weighted by Crippen LogP contribution is 2.38. The maximum atomic E-state index is 11.5. The summed E-state index contributed by atoms with van der Waals surface area (Å²) in [7, 11) is 0. The molecule has 0 atom stereocenters. The smallest absolute Gasteiger partial charge is 0.273 e. The Kier molecular flexibility index (Phi) is 1.79. The van der Waals surface area contributed by atoms with Crippen LogP contribution in [0.15, 0.2) is 6.20 Å². The Balaban J connectivity index is 2.00. The molecule has 0 saturated heterocycles. The van der Waals surface area contributed by atoms with Crippen LogP contribution in [-0.2, 0) is 0 Å². The fourth-order valence-corrected chi connectivity index (χ4v) is 1.33. The molecule has 1 aromatic rings. The quantitative estimate of drug-likeness (QED) is 0.710. The number of hydrogen-bond acceptors (Lipinski definition) is 3. The number of nitrogens with one attached hydrogen (secondary N) is 2. The van der Waals surface area contributed by atoms with Gasteiger partial charge in [-0.1, -0.05) is 6.92 Å². The van der Waals surface area contributed by atoms with E-state index in [1.54, 1.807) is 0 Å². The van der Waals surface area contributed by atoms with Crippen LogP contribution < -0.4 is 5.32 Å². The number of carbonyl (C=O) groups excluding carboxylic acids is 1. The average molecular weight is 180 g/mol. The van der Waals surface area contributed by atoms with Crippen LogP contribution in [0.1, 0.15) is 36.7 Å². The first kappa shape index (κ1) is 8.22. The number of carbonyl (C=O) groups is 1. The van der Waals surface area contributed by atoms with Gasteiger partial charge in [0, 0.05) is 5.54 Å². The van der Waals surface area contributed by atoms with Crippen molar-refractivity contribution in [2.24, 2.45) is 0 Å². The lowest BCUT2D eigenvalue weighted by atomic mass is 10.2. The molecule has 1 fully saturated rings. The number of nitrogens with zero attached hydrogens (tertiary/aromatic N) is 2. The van der Waals surface area contributed by atoms with E-state index >= 15 is 0 Å². The van der Waals surface area contributed by atoms with Crippen molar-refractivity contribution in [2.75, 3.05) is 0 Å².